The fourth-order valence-corrected chi connectivity index (χ4v) is 0.813. The molecule has 0 saturated heterocycles. The number of nitrogens with zero attached hydrogens (tertiary/aromatic N) is 2. The number of amides is 1. The summed E-state index contributed by atoms with van der Waals surface area (Å²) < 4.78 is 0. The number of nitrogens with one attached hydrogen (secondary N) is 1. The van der Waals surface area contributed by atoms with Crippen LogP contribution in [0.1, 0.15) is 6.92 Å². The van der Waals surface area contributed by atoms with Crippen molar-refractivity contribution in [1.82, 2.24) is 9.97 Å². The molecule has 4 nitrogen and oxygen atoms in total. The third-order valence-corrected chi connectivity index (χ3v) is 1.29. The summed E-state index contributed by atoms with van der Waals surface area (Å²) in [7, 11) is 0. The van der Waals surface area contributed by atoms with Gasteiger partial charge in [-0.1, -0.05) is 5.92 Å². The van der Waals surface area contributed by atoms with Gasteiger partial charge in [-0.15, -0.1) is 0 Å². The predicted octanol–water partition coefficient (Wildman–Crippen LogP) is 1.09. The number of anilines is 1. The number of carbonyl (C=O) groups is 1. The molecular weight excluding hydrogens is 190 g/mol. The van der Waals surface area contributed by atoms with Gasteiger partial charge in [0.15, 0.2) is 0 Å². The Morgan fingerprint density at radius 1 is 1.69 bits per heavy atom. The average Bonchev–Trinajstić information content (AvgIpc) is 2.04. The fourth-order valence-electron chi connectivity index (χ4n) is 0.666. The largest absolute Gasteiger partial charge is 0.301 e. The molecule has 5 heteroatoms. The maximum Gasteiger partial charge on any atom is 0.301 e. The first-order valence-electron chi connectivity index (χ1n) is 3.44. The van der Waals surface area contributed by atoms with Crippen LogP contribution in [0.3, 0.4) is 0 Å². The monoisotopic (exact) mass is 195 g/mol. The molecule has 1 rings (SSSR count). The van der Waals surface area contributed by atoms with E-state index in [1.54, 1.807) is 6.92 Å². The number of aromatic nitrogens is 2. The Kier molecular flexibility index (Phi) is 3.23. The van der Waals surface area contributed by atoms with Crippen molar-refractivity contribution in [2.24, 2.45) is 0 Å². The lowest BCUT2D eigenvalue weighted by Crippen LogP contribution is -2.09. The number of hydrogen-bond acceptors (Lipinski definition) is 3. The summed E-state index contributed by atoms with van der Waals surface area (Å²) >= 11 is 5.50. The van der Waals surface area contributed by atoms with Crippen LogP contribution in [0.2, 0.25) is 5.28 Å². The van der Waals surface area contributed by atoms with Gasteiger partial charge in [-0.25, -0.2) is 9.97 Å². The lowest BCUT2D eigenvalue weighted by molar-refractivity contribution is -0.111. The molecule has 0 bridgehead atoms. The van der Waals surface area contributed by atoms with E-state index in [0.29, 0.717) is 5.82 Å². The topological polar surface area (TPSA) is 54.9 Å². The molecule has 13 heavy (non-hydrogen) atoms. The molecule has 1 N–H and O–H groups in total. The molecule has 1 aromatic rings. The van der Waals surface area contributed by atoms with Gasteiger partial charge in [0, 0.05) is 6.20 Å². The van der Waals surface area contributed by atoms with Crippen molar-refractivity contribution in [3.05, 3.63) is 17.5 Å². The quantitative estimate of drug-likeness (QED) is 0.539. The molecule has 1 aromatic heterocycles. The third-order valence-electron chi connectivity index (χ3n) is 1.11. The van der Waals surface area contributed by atoms with E-state index in [0.717, 1.165) is 0 Å². The van der Waals surface area contributed by atoms with Crippen LogP contribution in [0.4, 0.5) is 5.82 Å². The van der Waals surface area contributed by atoms with E-state index in [2.05, 4.69) is 27.1 Å². The molecule has 0 aliphatic carbocycles. The molecule has 1 amide bonds. The molecule has 0 saturated carbocycles. The number of halogens is 1. The molecule has 66 valence electrons. The zero-order valence-corrected chi connectivity index (χ0v) is 7.59. The Hall–Kier alpha value is -1.60. The highest BCUT2D eigenvalue weighted by atomic mass is 35.5. The second-order valence-corrected chi connectivity index (χ2v) is 2.38. The zero-order valence-electron chi connectivity index (χ0n) is 6.84. The van der Waals surface area contributed by atoms with Crippen LogP contribution in [-0.4, -0.2) is 15.9 Å². The fraction of sp³-hybridized carbons (Fsp3) is 0.125. The van der Waals surface area contributed by atoms with Gasteiger partial charge >= 0.3 is 5.91 Å². The lowest BCUT2D eigenvalue weighted by atomic mass is 10.5. The van der Waals surface area contributed by atoms with Crippen LogP contribution in [0.15, 0.2) is 12.3 Å². The molecule has 0 aliphatic heterocycles. The zero-order chi connectivity index (χ0) is 9.68. The van der Waals surface area contributed by atoms with Crippen molar-refractivity contribution in [1.29, 1.82) is 0 Å². The van der Waals surface area contributed by atoms with Crippen molar-refractivity contribution in [2.75, 3.05) is 5.32 Å². The SMILES string of the molecule is CC#CC(=O)Nc1ccnc(Cl)n1. The highest BCUT2D eigenvalue weighted by Gasteiger charge is 1.99. The van der Waals surface area contributed by atoms with Crippen LogP contribution < -0.4 is 5.32 Å². The number of hydrogen-bond donors (Lipinski definition) is 1. The van der Waals surface area contributed by atoms with Crippen molar-refractivity contribution >= 4 is 23.3 Å². The highest BCUT2D eigenvalue weighted by Crippen LogP contribution is 2.04. The van der Waals surface area contributed by atoms with Gasteiger partial charge in [-0.05, 0) is 30.5 Å². The highest BCUT2D eigenvalue weighted by molar-refractivity contribution is 6.28. The first-order chi connectivity index (χ1) is 6.22. The molecule has 0 spiro atoms. The van der Waals surface area contributed by atoms with E-state index in [1.165, 1.54) is 12.3 Å². The van der Waals surface area contributed by atoms with E-state index >= 15 is 0 Å². The minimum Gasteiger partial charge on any atom is -0.300 e. The maximum absolute atomic E-state index is 10.9. The molecule has 0 fully saturated rings. The number of rotatable bonds is 1. The minimum absolute atomic E-state index is 0.0854. The van der Waals surface area contributed by atoms with E-state index < -0.39 is 5.91 Å². The van der Waals surface area contributed by atoms with Gasteiger partial charge in [-0.3, -0.25) is 10.1 Å². The Labute approximate surface area is 80.3 Å². The van der Waals surface area contributed by atoms with Crippen molar-refractivity contribution in [2.45, 2.75) is 6.92 Å². The van der Waals surface area contributed by atoms with Gasteiger partial charge in [0.1, 0.15) is 5.82 Å². The summed E-state index contributed by atoms with van der Waals surface area (Å²) in [6.07, 6.45) is 1.45. The Morgan fingerprint density at radius 3 is 3.08 bits per heavy atom. The molecule has 0 radical (unpaired) electrons. The lowest BCUT2D eigenvalue weighted by Gasteiger charge is -1.97. The maximum atomic E-state index is 10.9. The first-order valence-corrected chi connectivity index (χ1v) is 3.82. The molecule has 1 heterocycles. The van der Waals surface area contributed by atoms with Crippen molar-refractivity contribution < 1.29 is 4.79 Å². The Morgan fingerprint density at radius 2 is 2.46 bits per heavy atom. The van der Waals surface area contributed by atoms with Gasteiger partial charge in [0.2, 0.25) is 5.28 Å². The van der Waals surface area contributed by atoms with Gasteiger partial charge in [-0.2, -0.15) is 0 Å². The average molecular weight is 196 g/mol. The van der Waals surface area contributed by atoms with Crippen molar-refractivity contribution in [3.63, 3.8) is 0 Å². The summed E-state index contributed by atoms with van der Waals surface area (Å²) in [6, 6.07) is 1.53. The molecule has 0 unspecified atom stereocenters. The summed E-state index contributed by atoms with van der Waals surface area (Å²) in [5.41, 5.74) is 0. The van der Waals surface area contributed by atoms with Gasteiger partial charge in [0.25, 0.3) is 0 Å². The summed E-state index contributed by atoms with van der Waals surface area (Å²) in [4.78, 5) is 18.3. The van der Waals surface area contributed by atoms with Crippen LogP contribution in [-0.2, 0) is 4.79 Å². The normalized spacial score (nSPS) is 8.46. The van der Waals surface area contributed by atoms with E-state index in [4.69, 9.17) is 11.6 Å². The number of carbonyl (C=O) groups excluding carboxylic acids is 1. The molecule has 0 aliphatic rings. The smallest absolute Gasteiger partial charge is 0.300 e. The standard InChI is InChI=1S/C8H6ClN3O/c1-2-3-7(13)11-6-4-5-10-8(9)12-6/h4-5H,1H3,(H,10,11,12,13). The van der Waals surface area contributed by atoms with Gasteiger partial charge in [0.05, 0.1) is 0 Å². The van der Waals surface area contributed by atoms with Crippen LogP contribution in [0.5, 0.6) is 0 Å². The Balaban J connectivity index is 2.73. The Bertz CT molecular complexity index is 380. The van der Waals surface area contributed by atoms with Crippen LogP contribution in [0, 0.1) is 11.8 Å². The molecular formula is C8H6ClN3O. The summed E-state index contributed by atoms with van der Waals surface area (Å²) in [6.45, 7) is 1.58. The molecule has 0 aromatic carbocycles. The third kappa shape index (κ3) is 3.09. The van der Waals surface area contributed by atoms with E-state index in [1.807, 2.05) is 0 Å². The van der Waals surface area contributed by atoms with Crippen molar-refractivity contribution in [3.8, 4) is 11.8 Å². The van der Waals surface area contributed by atoms with E-state index in [9.17, 15) is 4.79 Å². The van der Waals surface area contributed by atoms with Gasteiger partial charge < -0.3 is 0 Å². The first kappa shape index (κ1) is 9.49. The van der Waals surface area contributed by atoms with Crippen LogP contribution >= 0.6 is 11.6 Å². The summed E-state index contributed by atoms with van der Waals surface area (Å²) in [5.74, 6) is 4.70. The summed E-state index contributed by atoms with van der Waals surface area (Å²) in [5, 5.41) is 2.52. The second kappa shape index (κ2) is 4.43. The minimum atomic E-state index is -0.419. The predicted molar refractivity (Wildman–Crippen MR) is 49.1 cm³/mol. The van der Waals surface area contributed by atoms with Crippen LogP contribution in [0.25, 0.3) is 0 Å². The van der Waals surface area contributed by atoms with E-state index in [-0.39, 0.29) is 5.28 Å². The molecule has 0 atom stereocenters. The second-order valence-electron chi connectivity index (χ2n) is 2.04.